The van der Waals surface area contributed by atoms with Crippen molar-refractivity contribution in [2.45, 2.75) is 52.7 Å². The first kappa shape index (κ1) is 29.0. The SMILES string of the molecule is C.CC(C)CNCc1cc(-c2ccccn2)c2c(c1O)C(O)=C1C(=O)C3(O)C(O)=C(C(N)=O)C(=O)C[C@@H]3C[C@@H]1C2. The van der Waals surface area contributed by atoms with Gasteiger partial charge in [-0.05, 0) is 55.0 Å². The van der Waals surface area contributed by atoms with E-state index in [2.05, 4.69) is 24.1 Å². The van der Waals surface area contributed by atoms with Crippen LogP contribution in [-0.4, -0.2) is 55.0 Å². The van der Waals surface area contributed by atoms with Crippen LogP contribution in [-0.2, 0) is 27.3 Å². The third-order valence-electron chi connectivity index (χ3n) is 7.95. The molecule has 1 aromatic heterocycles. The molecule has 1 heterocycles. The number of rotatable bonds is 6. The van der Waals surface area contributed by atoms with E-state index < -0.39 is 52.0 Å². The topological polar surface area (TPSA) is 183 Å². The van der Waals surface area contributed by atoms with Crippen LogP contribution >= 0.6 is 0 Å². The predicted octanol–water partition coefficient (Wildman–Crippen LogP) is 2.87. The van der Waals surface area contributed by atoms with Crippen molar-refractivity contribution in [1.82, 2.24) is 10.3 Å². The minimum absolute atomic E-state index is 0. The highest BCUT2D eigenvalue weighted by molar-refractivity contribution is 6.22. The van der Waals surface area contributed by atoms with Crippen molar-refractivity contribution in [3.63, 3.8) is 0 Å². The lowest BCUT2D eigenvalue weighted by Crippen LogP contribution is -2.58. The van der Waals surface area contributed by atoms with Gasteiger partial charge in [0.2, 0.25) is 5.78 Å². The number of Topliss-reactive ketones (excluding diaryl/α,β-unsaturated/α-hetero) is 2. The van der Waals surface area contributed by atoms with Crippen molar-refractivity contribution in [2.24, 2.45) is 23.5 Å². The first-order valence-corrected chi connectivity index (χ1v) is 12.9. The largest absolute Gasteiger partial charge is 0.508 e. The molecule has 1 amide bonds. The number of phenolic OH excluding ortho intramolecular Hbond substituents is 1. The fourth-order valence-corrected chi connectivity index (χ4v) is 6.13. The monoisotopic (exact) mass is 549 g/mol. The molecule has 10 heteroatoms. The molecule has 1 saturated carbocycles. The van der Waals surface area contributed by atoms with E-state index in [9.17, 15) is 34.8 Å². The van der Waals surface area contributed by atoms with Gasteiger partial charge in [-0.2, -0.15) is 0 Å². The second-order valence-electron chi connectivity index (χ2n) is 10.9. The number of amides is 1. The van der Waals surface area contributed by atoms with E-state index >= 15 is 0 Å². The summed E-state index contributed by atoms with van der Waals surface area (Å²) in [6.45, 7) is 5.07. The van der Waals surface area contributed by atoms with Crippen molar-refractivity contribution in [1.29, 1.82) is 0 Å². The molecule has 7 N–H and O–H groups in total. The molecule has 3 atom stereocenters. The second kappa shape index (κ2) is 10.5. The number of phenols is 1. The van der Waals surface area contributed by atoms with E-state index in [1.54, 1.807) is 12.3 Å². The van der Waals surface area contributed by atoms with Gasteiger partial charge in [0, 0.05) is 41.8 Å². The average Bonchev–Trinajstić information content (AvgIpc) is 2.87. The number of benzene rings is 1. The van der Waals surface area contributed by atoms with Gasteiger partial charge in [-0.1, -0.05) is 27.3 Å². The van der Waals surface area contributed by atoms with Gasteiger partial charge in [0.1, 0.15) is 22.8 Å². The number of nitrogens with two attached hydrogens (primary N) is 1. The summed E-state index contributed by atoms with van der Waals surface area (Å²) < 4.78 is 0. The quantitative estimate of drug-likeness (QED) is 0.295. The Hall–Kier alpha value is -4.02. The number of carbonyl (C=O) groups is 3. The Morgan fingerprint density at radius 2 is 1.93 bits per heavy atom. The first-order valence-electron chi connectivity index (χ1n) is 12.9. The zero-order valence-corrected chi connectivity index (χ0v) is 21.7. The molecule has 3 aliphatic carbocycles. The minimum Gasteiger partial charge on any atom is -0.508 e. The van der Waals surface area contributed by atoms with Crippen molar-refractivity contribution in [3.8, 4) is 17.0 Å². The highest BCUT2D eigenvalue weighted by Crippen LogP contribution is 2.53. The van der Waals surface area contributed by atoms with Crippen LogP contribution in [0.15, 0.2) is 47.4 Å². The standard InChI is InChI=1S/C29H31N3O7.CH4/c1-13(2)11-31-12-15-9-17(19-5-3-4-6-32-19)18-8-14-7-16-10-20(33)23(28(30)38)27(37)29(16,39)26(36)21(14)25(35)22(18)24(15)34;/h3-6,9,13-14,16,31,34-35,37,39H,7-8,10-12H2,1-2H3,(H2,30,38);1H4/t14-,16+,29?;/m1./s1. The smallest absolute Gasteiger partial charge is 0.255 e. The van der Waals surface area contributed by atoms with Crippen LogP contribution in [0, 0.1) is 17.8 Å². The summed E-state index contributed by atoms with van der Waals surface area (Å²) in [4.78, 5) is 42.7. The molecule has 3 aliphatic rings. The summed E-state index contributed by atoms with van der Waals surface area (Å²) in [6, 6.07) is 7.23. The fourth-order valence-electron chi connectivity index (χ4n) is 6.13. The molecule has 212 valence electrons. The van der Waals surface area contributed by atoms with Crippen molar-refractivity contribution >= 4 is 23.2 Å². The number of nitrogens with one attached hydrogen (secondary N) is 1. The number of hydrogen-bond donors (Lipinski definition) is 6. The van der Waals surface area contributed by atoms with E-state index in [0.717, 1.165) is 0 Å². The zero-order chi connectivity index (χ0) is 28.2. The Kier molecular flexibility index (Phi) is 7.62. The van der Waals surface area contributed by atoms with Crippen LogP contribution in [0.4, 0.5) is 0 Å². The number of ketones is 2. The molecule has 0 spiro atoms. The fraction of sp³-hybridized carbons (Fsp3) is 0.400. The van der Waals surface area contributed by atoms with Crippen LogP contribution in [0.3, 0.4) is 0 Å². The highest BCUT2D eigenvalue weighted by atomic mass is 16.3. The number of aromatic nitrogens is 1. The number of nitrogens with zero attached hydrogens (tertiary/aromatic N) is 1. The Morgan fingerprint density at radius 1 is 1.20 bits per heavy atom. The normalized spacial score (nSPS) is 23.9. The molecule has 0 radical (unpaired) electrons. The van der Waals surface area contributed by atoms with Crippen LogP contribution in [0.5, 0.6) is 5.75 Å². The highest BCUT2D eigenvalue weighted by Gasteiger charge is 2.60. The summed E-state index contributed by atoms with van der Waals surface area (Å²) in [5.74, 6) is -6.09. The lowest BCUT2D eigenvalue weighted by atomic mass is 9.59. The number of carbonyl (C=O) groups excluding carboxylic acids is 3. The molecule has 0 aliphatic heterocycles. The molecule has 10 nitrogen and oxygen atoms in total. The average molecular weight is 550 g/mol. The number of pyridine rings is 1. The number of aromatic hydroxyl groups is 1. The van der Waals surface area contributed by atoms with Gasteiger partial charge in [0.25, 0.3) is 5.91 Å². The lowest BCUT2D eigenvalue weighted by molar-refractivity contribution is -0.147. The summed E-state index contributed by atoms with van der Waals surface area (Å²) >= 11 is 0. The summed E-state index contributed by atoms with van der Waals surface area (Å²) in [5.41, 5.74) is 4.13. The van der Waals surface area contributed by atoms with Crippen LogP contribution in [0.2, 0.25) is 0 Å². The van der Waals surface area contributed by atoms with Gasteiger partial charge in [0.15, 0.2) is 11.4 Å². The third-order valence-corrected chi connectivity index (χ3v) is 7.95. The van der Waals surface area contributed by atoms with Crippen molar-refractivity contribution < 1.29 is 34.8 Å². The van der Waals surface area contributed by atoms with Crippen molar-refractivity contribution in [3.05, 3.63) is 64.1 Å². The second-order valence-corrected chi connectivity index (χ2v) is 10.9. The Morgan fingerprint density at radius 3 is 2.55 bits per heavy atom. The molecule has 40 heavy (non-hydrogen) atoms. The number of fused-ring (bicyclic) bond motifs is 3. The molecule has 0 saturated heterocycles. The van der Waals surface area contributed by atoms with E-state index in [1.807, 2.05) is 18.2 Å². The van der Waals surface area contributed by atoms with Gasteiger partial charge in [0.05, 0.1) is 11.3 Å². The van der Waals surface area contributed by atoms with Crippen molar-refractivity contribution in [2.75, 3.05) is 6.54 Å². The maximum absolute atomic E-state index is 13.8. The van der Waals surface area contributed by atoms with Gasteiger partial charge in [-0.15, -0.1) is 0 Å². The Labute approximate surface area is 232 Å². The minimum atomic E-state index is -2.59. The maximum Gasteiger partial charge on any atom is 0.255 e. The predicted molar refractivity (Wildman–Crippen MR) is 148 cm³/mol. The molecule has 5 rings (SSSR count). The summed E-state index contributed by atoms with van der Waals surface area (Å²) in [6.07, 6.45) is 1.57. The molecule has 1 unspecified atom stereocenters. The maximum atomic E-state index is 13.8. The van der Waals surface area contributed by atoms with E-state index in [0.29, 0.717) is 34.8 Å². The number of aliphatic hydroxyl groups is 3. The van der Waals surface area contributed by atoms with Crippen LogP contribution in [0.25, 0.3) is 17.0 Å². The molecular weight excluding hydrogens is 514 g/mol. The molecule has 1 fully saturated rings. The van der Waals surface area contributed by atoms with Gasteiger partial charge in [-0.3, -0.25) is 19.4 Å². The van der Waals surface area contributed by atoms with Gasteiger partial charge < -0.3 is 31.5 Å². The van der Waals surface area contributed by atoms with Gasteiger partial charge in [-0.25, -0.2) is 0 Å². The summed E-state index contributed by atoms with van der Waals surface area (Å²) in [5, 5.41) is 48.3. The van der Waals surface area contributed by atoms with E-state index in [4.69, 9.17) is 5.73 Å². The Balaban J connectivity index is 0.00000370. The first-order chi connectivity index (χ1) is 18.5. The third kappa shape index (κ3) is 4.37. The molecule has 1 aromatic carbocycles. The summed E-state index contributed by atoms with van der Waals surface area (Å²) in [7, 11) is 0. The van der Waals surface area contributed by atoms with Gasteiger partial charge >= 0.3 is 0 Å². The lowest BCUT2D eigenvalue weighted by Gasteiger charge is -2.46. The van der Waals surface area contributed by atoms with Crippen LogP contribution in [0.1, 0.15) is 50.8 Å². The number of aliphatic hydroxyl groups excluding tert-OH is 2. The van der Waals surface area contributed by atoms with E-state index in [-0.39, 0.29) is 50.1 Å². The molecule has 2 aromatic rings. The number of hydrogen-bond acceptors (Lipinski definition) is 9. The number of primary amides is 1. The van der Waals surface area contributed by atoms with E-state index in [1.165, 1.54) is 0 Å². The van der Waals surface area contributed by atoms with Crippen LogP contribution < -0.4 is 11.1 Å². The Bertz CT molecular complexity index is 1460. The molecule has 0 bridgehead atoms. The zero-order valence-electron chi connectivity index (χ0n) is 21.7. The molecular formula is C30H35N3O7.